The number of hydrogen-bond acceptors (Lipinski definition) is 4. The molecule has 2 aromatic rings. The van der Waals surface area contributed by atoms with Gasteiger partial charge in [0.1, 0.15) is 11.4 Å². The number of benzene rings is 1. The lowest BCUT2D eigenvalue weighted by Crippen LogP contribution is -1.92. The number of nitrogens with zero attached hydrogens (tertiary/aromatic N) is 1. The van der Waals surface area contributed by atoms with Crippen LogP contribution in [0, 0.1) is 13.8 Å². The molecule has 1 aromatic carbocycles. The molecule has 0 fully saturated rings. The van der Waals surface area contributed by atoms with E-state index in [1.165, 1.54) is 0 Å². The summed E-state index contributed by atoms with van der Waals surface area (Å²) < 4.78 is 10.2. The third-order valence-electron chi connectivity index (χ3n) is 2.45. The lowest BCUT2D eigenvalue weighted by Gasteiger charge is -2.10. The molecule has 1 heterocycles. The van der Waals surface area contributed by atoms with E-state index in [1.807, 2.05) is 19.9 Å². The van der Waals surface area contributed by atoms with Gasteiger partial charge in [0.05, 0.1) is 7.11 Å². The van der Waals surface area contributed by atoms with Crippen LogP contribution in [0.25, 0.3) is 11.3 Å². The van der Waals surface area contributed by atoms with Crippen molar-refractivity contribution >= 4 is 5.88 Å². The minimum atomic E-state index is 0.303. The Morgan fingerprint density at radius 3 is 2.56 bits per heavy atom. The number of aromatic nitrogens is 1. The molecule has 0 bridgehead atoms. The minimum Gasteiger partial charge on any atom is -0.496 e. The second-order valence-corrected chi connectivity index (χ2v) is 3.77. The highest BCUT2D eigenvalue weighted by atomic mass is 16.5. The van der Waals surface area contributed by atoms with E-state index in [0.717, 1.165) is 22.4 Å². The van der Waals surface area contributed by atoms with E-state index < -0.39 is 0 Å². The van der Waals surface area contributed by atoms with Crippen molar-refractivity contribution in [2.45, 2.75) is 13.8 Å². The highest BCUT2D eigenvalue weighted by molar-refractivity contribution is 5.72. The Kier molecular flexibility index (Phi) is 2.56. The molecule has 4 heteroatoms. The Morgan fingerprint density at radius 1 is 1.25 bits per heavy atom. The molecule has 0 saturated carbocycles. The monoisotopic (exact) mass is 218 g/mol. The van der Waals surface area contributed by atoms with Crippen LogP contribution in [-0.2, 0) is 0 Å². The van der Waals surface area contributed by atoms with E-state index >= 15 is 0 Å². The van der Waals surface area contributed by atoms with Crippen molar-refractivity contribution in [3.63, 3.8) is 0 Å². The van der Waals surface area contributed by atoms with Crippen molar-refractivity contribution in [3.8, 4) is 17.0 Å². The first-order chi connectivity index (χ1) is 7.61. The van der Waals surface area contributed by atoms with E-state index in [4.69, 9.17) is 15.0 Å². The zero-order valence-electron chi connectivity index (χ0n) is 9.57. The first-order valence-corrected chi connectivity index (χ1v) is 4.99. The number of nitrogen functional groups attached to an aromatic ring is 1. The molecule has 0 aliphatic carbocycles. The first kappa shape index (κ1) is 10.5. The number of nitrogens with two attached hydrogens (primary N) is 1. The molecule has 0 saturated heterocycles. The maximum Gasteiger partial charge on any atom is 0.222 e. The summed E-state index contributed by atoms with van der Waals surface area (Å²) in [5, 5.41) is 3.91. The Morgan fingerprint density at radius 2 is 2.00 bits per heavy atom. The molecule has 0 radical (unpaired) electrons. The number of aryl methyl sites for hydroxylation is 2. The molecule has 0 spiro atoms. The zero-order valence-corrected chi connectivity index (χ0v) is 9.57. The third kappa shape index (κ3) is 1.74. The average molecular weight is 218 g/mol. The Bertz CT molecular complexity index is 518. The van der Waals surface area contributed by atoms with Gasteiger partial charge in [-0.05, 0) is 31.0 Å². The first-order valence-electron chi connectivity index (χ1n) is 4.99. The molecule has 1 aromatic heterocycles. The van der Waals surface area contributed by atoms with Gasteiger partial charge in [-0.1, -0.05) is 11.2 Å². The maximum absolute atomic E-state index is 5.52. The van der Waals surface area contributed by atoms with E-state index in [1.54, 1.807) is 13.2 Å². The summed E-state index contributed by atoms with van der Waals surface area (Å²) >= 11 is 0. The van der Waals surface area contributed by atoms with Crippen LogP contribution in [0.5, 0.6) is 5.75 Å². The predicted molar refractivity (Wildman–Crippen MR) is 62.4 cm³/mol. The van der Waals surface area contributed by atoms with Crippen LogP contribution in [0.2, 0.25) is 0 Å². The average Bonchev–Trinajstić information content (AvgIpc) is 2.63. The van der Waals surface area contributed by atoms with Crippen molar-refractivity contribution in [1.82, 2.24) is 5.16 Å². The van der Waals surface area contributed by atoms with Crippen LogP contribution in [-0.4, -0.2) is 12.3 Å². The molecular weight excluding hydrogens is 204 g/mol. The van der Waals surface area contributed by atoms with Crippen LogP contribution in [0.3, 0.4) is 0 Å². The summed E-state index contributed by atoms with van der Waals surface area (Å²) in [6, 6.07) is 5.73. The van der Waals surface area contributed by atoms with Gasteiger partial charge in [0, 0.05) is 11.6 Å². The Hall–Kier alpha value is -1.97. The third-order valence-corrected chi connectivity index (χ3v) is 2.45. The smallest absolute Gasteiger partial charge is 0.222 e. The minimum absolute atomic E-state index is 0.303. The maximum atomic E-state index is 5.52. The van der Waals surface area contributed by atoms with Crippen molar-refractivity contribution < 1.29 is 9.26 Å². The molecular formula is C12H14N2O2. The van der Waals surface area contributed by atoms with Crippen molar-refractivity contribution in [2.75, 3.05) is 12.8 Å². The van der Waals surface area contributed by atoms with Gasteiger partial charge in [-0.15, -0.1) is 0 Å². The van der Waals surface area contributed by atoms with E-state index in [-0.39, 0.29) is 0 Å². The van der Waals surface area contributed by atoms with Crippen molar-refractivity contribution in [2.24, 2.45) is 0 Å². The fourth-order valence-electron chi connectivity index (χ4n) is 1.82. The standard InChI is InChI=1S/C12H14N2O2/c1-7-4-8(2)12(10(5-7)15-3)9-6-11(13)16-14-9/h4-6H,13H2,1-3H3. The van der Waals surface area contributed by atoms with Gasteiger partial charge < -0.3 is 15.0 Å². The molecule has 0 atom stereocenters. The predicted octanol–water partition coefficient (Wildman–Crippen LogP) is 2.55. The topological polar surface area (TPSA) is 61.3 Å². The quantitative estimate of drug-likeness (QED) is 0.841. The van der Waals surface area contributed by atoms with Crippen LogP contribution in [0.4, 0.5) is 5.88 Å². The summed E-state index contributed by atoms with van der Waals surface area (Å²) in [7, 11) is 1.64. The molecule has 84 valence electrons. The number of ether oxygens (including phenoxy) is 1. The van der Waals surface area contributed by atoms with E-state index in [2.05, 4.69) is 11.2 Å². The summed E-state index contributed by atoms with van der Waals surface area (Å²) in [5.41, 5.74) is 9.38. The highest BCUT2D eigenvalue weighted by Gasteiger charge is 2.13. The molecule has 0 aliphatic heterocycles. The molecule has 16 heavy (non-hydrogen) atoms. The Labute approximate surface area is 94.0 Å². The molecule has 0 amide bonds. The van der Waals surface area contributed by atoms with Gasteiger partial charge in [0.25, 0.3) is 0 Å². The van der Waals surface area contributed by atoms with Gasteiger partial charge in [-0.2, -0.15) is 0 Å². The van der Waals surface area contributed by atoms with E-state index in [0.29, 0.717) is 11.6 Å². The normalized spacial score (nSPS) is 10.4. The lowest BCUT2D eigenvalue weighted by molar-refractivity contribution is 0.413. The van der Waals surface area contributed by atoms with Gasteiger partial charge >= 0.3 is 0 Å². The van der Waals surface area contributed by atoms with Gasteiger partial charge in [-0.25, -0.2) is 0 Å². The summed E-state index contributed by atoms with van der Waals surface area (Å²) in [6.45, 7) is 4.03. The highest BCUT2D eigenvalue weighted by Crippen LogP contribution is 2.34. The SMILES string of the molecule is COc1cc(C)cc(C)c1-c1cc(N)on1. The Balaban J connectivity index is 2.63. The fraction of sp³-hybridized carbons (Fsp3) is 0.250. The molecule has 2 N–H and O–H groups in total. The molecule has 0 aliphatic rings. The molecule has 4 nitrogen and oxygen atoms in total. The molecule has 0 unspecified atom stereocenters. The second kappa shape index (κ2) is 3.89. The van der Waals surface area contributed by atoms with Crippen molar-refractivity contribution in [1.29, 1.82) is 0 Å². The van der Waals surface area contributed by atoms with Crippen molar-refractivity contribution in [3.05, 3.63) is 29.3 Å². The number of rotatable bonds is 2. The number of anilines is 1. The largest absolute Gasteiger partial charge is 0.496 e. The fourth-order valence-corrected chi connectivity index (χ4v) is 1.82. The number of hydrogen-bond donors (Lipinski definition) is 1. The van der Waals surface area contributed by atoms with Gasteiger partial charge in [-0.3, -0.25) is 0 Å². The zero-order chi connectivity index (χ0) is 11.7. The molecule has 2 rings (SSSR count). The van der Waals surface area contributed by atoms with Gasteiger partial charge in [0.15, 0.2) is 0 Å². The summed E-state index contributed by atoms with van der Waals surface area (Å²) in [4.78, 5) is 0. The summed E-state index contributed by atoms with van der Waals surface area (Å²) in [6.07, 6.45) is 0. The number of methoxy groups -OCH3 is 1. The lowest BCUT2D eigenvalue weighted by atomic mass is 10.0. The summed E-state index contributed by atoms with van der Waals surface area (Å²) in [5.74, 6) is 1.09. The second-order valence-electron chi connectivity index (χ2n) is 3.77. The van der Waals surface area contributed by atoms with E-state index in [9.17, 15) is 0 Å². The van der Waals surface area contributed by atoms with Gasteiger partial charge in [0.2, 0.25) is 5.88 Å². The van der Waals surface area contributed by atoms with Crippen LogP contribution in [0.1, 0.15) is 11.1 Å². The van der Waals surface area contributed by atoms with Crippen LogP contribution < -0.4 is 10.5 Å². The van der Waals surface area contributed by atoms with Crippen LogP contribution in [0.15, 0.2) is 22.7 Å². The van der Waals surface area contributed by atoms with Crippen LogP contribution >= 0.6 is 0 Å².